The summed E-state index contributed by atoms with van der Waals surface area (Å²) in [4.78, 5) is 31.4. The molecule has 7 nitrogen and oxygen atoms in total. The number of amides is 2. The number of benzene rings is 2. The van der Waals surface area contributed by atoms with Crippen molar-refractivity contribution in [3.8, 4) is 0 Å². The lowest BCUT2D eigenvalue weighted by molar-refractivity contribution is 0.0938. The van der Waals surface area contributed by atoms with E-state index in [9.17, 15) is 9.59 Å². The van der Waals surface area contributed by atoms with E-state index in [1.54, 1.807) is 42.6 Å². The number of nitrogens with zero attached hydrogens (tertiary/aromatic N) is 2. The third kappa shape index (κ3) is 5.31. The number of hydrogen-bond donors (Lipinski definition) is 2. The first kappa shape index (κ1) is 21.5. The summed E-state index contributed by atoms with van der Waals surface area (Å²) >= 11 is 0. The predicted molar refractivity (Wildman–Crippen MR) is 124 cm³/mol. The molecule has 0 radical (unpaired) electrons. The van der Waals surface area contributed by atoms with Crippen LogP contribution in [0.15, 0.2) is 73.1 Å². The van der Waals surface area contributed by atoms with Gasteiger partial charge >= 0.3 is 0 Å². The number of carbonyl (C=O) groups is 2. The number of anilines is 2. The maximum absolute atomic E-state index is 12.8. The van der Waals surface area contributed by atoms with Crippen molar-refractivity contribution < 1.29 is 14.3 Å². The van der Waals surface area contributed by atoms with Gasteiger partial charge in [0.2, 0.25) is 0 Å². The second kappa shape index (κ2) is 10.1. The molecular weight excluding hydrogens is 404 g/mol. The second-order valence-corrected chi connectivity index (χ2v) is 7.66. The molecule has 1 aliphatic heterocycles. The minimum Gasteiger partial charge on any atom is -0.378 e. The molecule has 2 heterocycles. The van der Waals surface area contributed by atoms with Crippen molar-refractivity contribution >= 4 is 23.2 Å². The van der Waals surface area contributed by atoms with Crippen molar-refractivity contribution in [3.05, 3.63) is 89.7 Å². The molecule has 7 heteroatoms. The van der Waals surface area contributed by atoms with E-state index in [1.807, 2.05) is 19.1 Å². The number of rotatable bonds is 6. The van der Waals surface area contributed by atoms with Gasteiger partial charge in [-0.25, -0.2) is 0 Å². The Morgan fingerprint density at radius 1 is 0.969 bits per heavy atom. The van der Waals surface area contributed by atoms with Crippen LogP contribution in [0.3, 0.4) is 0 Å². The van der Waals surface area contributed by atoms with Crippen LogP contribution in [0.25, 0.3) is 0 Å². The smallest absolute Gasteiger partial charge is 0.257 e. The summed E-state index contributed by atoms with van der Waals surface area (Å²) in [5.41, 5.74) is 3.67. The summed E-state index contributed by atoms with van der Waals surface area (Å²) in [7, 11) is 0. The highest BCUT2D eigenvalue weighted by Gasteiger charge is 2.15. The third-order valence-electron chi connectivity index (χ3n) is 5.42. The van der Waals surface area contributed by atoms with Gasteiger partial charge in [-0.15, -0.1) is 0 Å². The Kier molecular flexibility index (Phi) is 6.77. The molecule has 1 fully saturated rings. The minimum absolute atomic E-state index is 0.158. The van der Waals surface area contributed by atoms with Crippen LogP contribution < -0.4 is 15.5 Å². The van der Waals surface area contributed by atoms with Gasteiger partial charge in [0.25, 0.3) is 11.8 Å². The molecule has 1 aromatic heterocycles. The number of aromatic nitrogens is 1. The highest BCUT2D eigenvalue weighted by atomic mass is 16.5. The van der Waals surface area contributed by atoms with E-state index in [-0.39, 0.29) is 17.9 Å². The number of ether oxygens (including phenoxy) is 1. The topological polar surface area (TPSA) is 83.6 Å². The average molecular weight is 431 g/mol. The van der Waals surface area contributed by atoms with E-state index >= 15 is 0 Å². The fourth-order valence-corrected chi connectivity index (χ4v) is 3.60. The summed E-state index contributed by atoms with van der Waals surface area (Å²) in [6.45, 7) is 5.22. The average Bonchev–Trinajstić information content (AvgIpc) is 2.85. The number of morpholine rings is 1. The number of hydrogen-bond acceptors (Lipinski definition) is 5. The van der Waals surface area contributed by atoms with Crippen LogP contribution in [0, 0.1) is 0 Å². The molecule has 2 amide bonds. The standard InChI is InChI=1S/C25H26N4O3/c1-18(19-7-9-23(10-8-19)29-12-14-32-15-13-29)27-24(30)20-4-2-6-22(16-20)28-25(31)21-5-3-11-26-17-21/h2-11,16-18H,12-15H2,1H3,(H,27,30)(H,28,31). The summed E-state index contributed by atoms with van der Waals surface area (Å²) < 4.78 is 5.41. The van der Waals surface area contributed by atoms with Gasteiger partial charge in [-0.05, 0) is 55.0 Å². The summed E-state index contributed by atoms with van der Waals surface area (Å²) in [5, 5.41) is 5.83. The molecule has 0 spiro atoms. The van der Waals surface area contributed by atoms with Crippen molar-refractivity contribution in [2.75, 3.05) is 36.5 Å². The molecule has 0 saturated carbocycles. The monoisotopic (exact) mass is 430 g/mol. The van der Waals surface area contributed by atoms with Crippen LogP contribution >= 0.6 is 0 Å². The van der Waals surface area contributed by atoms with Crippen molar-refractivity contribution in [1.29, 1.82) is 0 Å². The quantitative estimate of drug-likeness (QED) is 0.624. The molecule has 2 N–H and O–H groups in total. The molecule has 32 heavy (non-hydrogen) atoms. The minimum atomic E-state index is -0.274. The fourth-order valence-electron chi connectivity index (χ4n) is 3.60. The van der Waals surface area contributed by atoms with Gasteiger partial charge < -0.3 is 20.3 Å². The van der Waals surface area contributed by atoms with E-state index in [4.69, 9.17) is 4.74 Å². The Hall–Kier alpha value is -3.71. The summed E-state index contributed by atoms with van der Waals surface area (Å²) in [6.07, 6.45) is 3.11. The molecule has 1 aliphatic rings. The Balaban J connectivity index is 1.38. The van der Waals surface area contributed by atoms with E-state index in [2.05, 4.69) is 32.7 Å². The van der Waals surface area contributed by atoms with Crippen LogP contribution in [0.4, 0.5) is 11.4 Å². The van der Waals surface area contributed by atoms with E-state index in [0.29, 0.717) is 16.8 Å². The predicted octanol–water partition coefficient (Wildman–Crippen LogP) is 3.66. The molecule has 0 aliphatic carbocycles. The van der Waals surface area contributed by atoms with E-state index in [1.165, 1.54) is 6.20 Å². The molecule has 1 saturated heterocycles. The molecule has 1 atom stereocenters. The zero-order valence-corrected chi connectivity index (χ0v) is 18.0. The van der Waals surface area contributed by atoms with Gasteiger partial charge in [0.15, 0.2) is 0 Å². The zero-order valence-electron chi connectivity index (χ0n) is 18.0. The largest absolute Gasteiger partial charge is 0.378 e. The van der Waals surface area contributed by atoms with Gasteiger partial charge in [0, 0.05) is 42.4 Å². The molecular formula is C25H26N4O3. The van der Waals surface area contributed by atoms with Gasteiger partial charge in [-0.3, -0.25) is 14.6 Å². The highest BCUT2D eigenvalue weighted by Crippen LogP contribution is 2.21. The molecule has 0 bridgehead atoms. The lowest BCUT2D eigenvalue weighted by Gasteiger charge is -2.29. The molecule has 2 aromatic carbocycles. The lowest BCUT2D eigenvalue weighted by atomic mass is 10.1. The van der Waals surface area contributed by atoms with Crippen LogP contribution in [-0.4, -0.2) is 43.1 Å². The van der Waals surface area contributed by atoms with Crippen molar-refractivity contribution in [2.45, 2.75) is 13.0 Å². The number of nitrogens with one attached hydrogen (secondary N) is 2. The normalized spacial score (nSPS) is 14.5. The van der Waals surface area contributed by atoms with Crippen molar-refractivity contribution in [2.24, 2.45) is 0 Å². The van der Waals surface area contributed by atoms with Crippen LogP contribution in [0.5, 0.6) is 0 Å². The third-order valence-corrected chi connectivity index (χ3v) is 5.42. The van der Waals surface area contributed by atoms with Gasteiger partial charge in [0.05, 0.1) is 24.8 Å². The van der Waals surface area contributed by atoms with Crippen molar-refractivity contribution in [3.63, 3.8) is 0 Å². The van der Waals surface area contributed by atoms with Gasteiger partial charge in [-0.2, -0.15) is 0 Å². The molecule has 3 aromatic rings. The Morgan fingerprint density at radius 3 is 2.44 bits per heavy atom. The first-order valence-corrected chi connectivity index (χ1v) is 10.6. The van der Waals surface area contributed by atoms with Gasteiger partial charge in [-0.1, -0.05) is 18.2 Å². The lowest BCUT2D eigenvalue weighted by Crippen LogP contribution is -2.36. The maximum Gasteiger partial charge on any atom is 0.257 e. The van der Waals surface area contributed by atoms with Crippen LogP contribution in [-0.2, 0) is 4.74 Å². The fraction of sp³-hybridized carbons (Fsp3) is 0.240. The second-order valence-electron chi connectivity index (χ2n) is 7.66. The Labute approximate surface area is 187 Å². The van der Waals surface area contributed by atoms with Crippen LogP contribution in [0.1, 0.15) is 39.2 Å². The van der Waals surface area contributed by atoms with Crippen molar-refractivity contribution in [1.82, 2.24) is 10.3 Å². The summed E-state index contributed by atoms with van der Waals surface area (Å²) in [5.74, 6) is -0.475. The Bertz CT molecular complexity index is 1060. The van der Waals surface area contributed by atoms with Crippen LogP contribution in [0.2, 0.25) is 0 Å². The molecule has 4 rings (SSSR count). The molecule has 1 unspecified atom stereocenters. The molecule has 164 valence electrons. The Morgan fingerprint density at radius 2 is 1.72 bits per heavy atom. The number of carbonyl (C=O) groups excluding carboxylic acids is 2. The maximum atomic E-state index is 12.8. The highest BCUT2D eigenvalue weighted by molar-refractivity contribution is 6.05. The van der Waals surface area contributed by atoms with E-state index < -0.39 is 0 Å². The first-order chi connectivity index (χ1) is 15.6. The number of pyridine rings is 1. The summed E-state index contributed by atoms with van der Waals surface area (Å²) in [6, 6.07) is 18.4. The van der Waals surface area contributed by atoms with Gasteiger partial charge in [0.1, 0.15) is 0 Å². The first-order valence-electron chi connectivity index (χ1n) is 10.6. The SMILES string of the molecule is CC(NC(=O)c1cccc(NC(=O)c2cccnc2)c1)c1ccc(N2CCOCC2)cc1. The zero-order chi connectivity index (χ0) is 22.3. The van der Waals surface area contributed by atoms with E-state index in [0.717, 1.165) is 37.6 Å².